The number of ether oxygens (including phenoxy) is 1. The molecule has 1 amide bonds. The third kappa shape index (κ3) is 9.05. The number of hydrogen-bond donors (Lipinski definition) is 3. The van der Waals surface area contributed by atoms with Crippen LogP contribution in [0.3, 0.4) is 0 Å². The Labute approximate surface area is 212 Å². The number of hydrogen-bond acceptors (Lipinski definition) is 5. The van der Waals surface area contributed by atoms with Crippen LogP contribution < -0.4 is 16.0 Å². The van der Waals surface area contributed by atoms with Crippen molar-refractivity contribution in [1.29, 1.82) is 0 Å². The van der Waals surface area contributed by atoms with Gasteiger partial charge in [0.05, 0.1) is 24.6 Å². The Bertz CT molecular complexity index is 826. The van der Waals surface area contributed by atoms with Crippen LogP contribution in [0.2, 0.25) is 0 Å². The van der Waals surface area contributed by atoms with E-state index in [1.165, 1.54) is 22.5 Å². The van der Waals surface area contributed by atoms with Crippen molar-refractivity contribution >= 4 is 47.2 Å². The van der Waals surface area contributed by atoms with E-state index in [4.69, 9.17) is 9.73 Å². The molecule has 7 nitrogen and oxygen atoms in total. The van der Waals surface area contributed by atoms with Gasteiger partial charge < -0.3 is 20.7 Å². The van der Waals surface area contributed by atoms with Crippen LogP contribution in [-0.4, -0.2) is 62.7 Å². The molecule has 3 N–H and O–H groups in total. The number of nitrogens with zero attached hydrogens (tertiary/aromatic N) is 2. The third-order valence-electron chi connectivity index (χ3n) is 5.04. The number of rotatable bonds is 10. The van der Waals surface area contributed by atoms with Gasteiger partial charge in [0, 0.05) is 39.3 Å². The van der Waals surface area contributed by atoms with E-state index in [9.17, 15) is 4.79 Å². The first-order chi connectivity index (χ1) is 15.3. The van der Waals surface area contributed by atoms with Gasteiger partial charge in [0.15, 0.2) is 5.96 Å². The molecule has 0 bridgehead atoms. The molecular weight excluding hydrogens is 537 g/mol. The molecule has 1 aliphatic heterocycles. The van der Waals surface area contributed by atoms with Crippen molar-refractivity contribution in [2.24, 2.45) is 4.99 Å². The van der Waals surface area contributed by atoms with Crippen molar-refractivity contribution in [3.8, 4) is 0 Å². The van der Waals surface area contributed by atoms with Crippen molar-refractivity contribution in [3.05, 3.63) is 57.8 Å². The van der Waals surface area contributed by atoms with E-state index in [1.807, 2.05) is 17.5 Å². The van der Waals surface area contributed by atoms with Crippen LogP contribution in [-0.2, 0) is 17.8 Å². The minimum absolute atomic E-state index is 0. The molecular formula is C23H34IN5O2S. The van der Waals surface area contributed by atoms with Gasteiger partial charge in [-0.1, -0.05) is 30.3 Å². The van der Waals surface area contributed by atoms with Crippen LogP contribution in [0.5, 0.6) is 0 Å². The summed E-state index contributed by atoms with van der Waals surface area (Å²) in [5, 5.41) is 11.5. The zero-order valence-electron chi connectivity index (χ0n) is 18.6. The fourth-order valence-electron chi connectivity index (χ4n) is 3.36. The summed E-state index contributed by atoms with van der Waals surface area (Å²) < 4.78 is 5.46. The van der Waals surface area contributed by atoms with E-state index in [2.05, 4.69) is 52.0 Å². The van der Waals surface area contributed by atoms with Gasteiger partial charge in [-0.15, -0.1) is 35.3 Å². The summed E-state index contributed by atoms with van der Waals surface area (Å²) in [6, 6.07) is 12.2. The van der Waals surface area contributed by atoms with Crippen LogP contribution in [0.1, 0.15) is 34.1 Å². The van der Waals surface area contributed by atoms with Crippen molar-refractivity contribution in [1.82, 2.24) is 20.9 Å². The number of guanidine groups is 1. The number of aliphatic imine (C=N–C) groups is 1. The van der Waals surface area contributed by atoms with Crippen LogP contribution in [0, 0.1) is 0 Å². The molecule has 2 heterocycles. The highest BCUT2D eigenvalue weighted by Gasteiger charge is 2.12. The van der Waals surface area contributed by atoms with E-state index in [0.29, 0.717) is 13.1 Å². The summed E-state index contributed by atoms with van der Waals surface area (Å²) in [5.41, 5.74) is 2.56. The van der Waals surface area contributed by atoms with Crippen LogP contribution in [0.15, 0.2) is 46.8 Å². The first kappa shape index (κ1) is 26.6. The van der Waals surface area contributed by atoms with Gasteiger partial charge in [-0.3, -0.25) is 9.69 Å². The maximum Gasteiger partial charge on any atom is 0.261 e. The SMILES string of the molecule is CCNC(=NCc1ccccc1CN1CCOCC1)NCCCNC(=O)c1cccs1.I. The van der Waals surface area contributed by atoms with Crippen LogP contribution in [0.4, 0.5) is 0 Å². The zero-order valence-corrected chi connectivity index (χ0v) is 21.8. The van der Waals surface area contributed by atoms with Gasteiger partial charge in [-0.2, -0.15) is 0 Å². The average Bonchev–Trinajstić information content (AvgIpc) is 3.34. The molecule has 0 atom stereocenters. The molecule has 1 fully saturated rings. The number of benzene rings is 1. The molecule has 0 saturated carbocycles. The van der Waals surface area contributed by atoms with E-state index < -0.39 is 0 Å². The van der Waals surface area contributed by atoms with E-state index in [1.54, 1.807) is 0 Å². The molecule has 0 aliphatic carbocycles. The zero-order chi connectivity index (χ0) is 21.7. The monoisotopic (exact) mass is 571 g/mol. The van der Waals surface area contributed by atoms with Gasteiger partial charge in [-0.05, 0) is 35.9 Å². The third-order valence-corrected chi connectivity index (χ3v) is 5.91. The fourth-order valence-corrected chi connectivity index (χ4v) is 4.00. The molecule has 1 aromatic heterocycles. The molecule has 3 rings (SSSR count). The Morgan fingerprint density at radius 1 is 1.06 bits per heavy atom. The second-order valence-electron chi connectivity index (χ2n) is 7.37. The standard InChI is InChI=1S/C23H33N5O2S.HI/c1-2-24-23(26-11-6-10-25-22(29)21-9-5-16-31-21)27-17-19-7-3-4-8-20(19)18-28-12-14-30-15-13-28;/h3-5,7-9,16H,2,6,10-15,17-18H2,1H3,(H,25,29)(H2,24,26,27);1H. The Morgan fingerprint density at radius 3 is 2.53 bits per heavy atom. The molecule has 1 aliphatic rings. The van der Waals surface area contributed by atoms with E-state index in [0.717, 1.165) is 63.2 Å². The summed E-state index contributed by atoms with van der Waals surface area (Å²) in [4.78, 5) is 19.9. The molecule has 1 saturated heterocycles. The first-order valence-corrected chi connectivity index (χ1v) is 11.8. The number of thiophene rings is 1. The Morgan fingerprint density at radius 2 is 1.81 bits per heavy atom. The lowest BCUT2D eigenvalue weighted by molar-refractivity contribution is 0.0341. The maximum atomic E-state index is 12.0. The van der Waals surface area contributed by atoms with Crippen LogP contribution in [0.25, 0.3) is 0 Å². The number of carbonyl (C=O) groups excluding carboxylic acids is 1. The fraction of sp³-hybridized carbons (Fsp3) is 0.478. The molecule has 0 radical (unpaired) electrons. The van der Waals surface area contributed by atoms with Crippen molar-refractivity contribution in [3.63, 3.8) is 0 Å². The molecule has 0 spiro atoms. The number of carbonyl (C=O) groups is 1. The van der Waals surface area contributed by atoms with Crippen molar-refractivity contribution < 1.29 is 9.53 Å². The Balaban J connectivity index is 0.00000363. The molecule has 1 aromatic carbocycles. The minimum Gasteiger partial charge on any atom is -0.379 e. The largest absolute Gasteiger partial charge is 0.379 e. The average molecular weight is 572 g/mol. The molecule has 176 valence electrons. The number of amides is 1. The van der Waals surface area contributed by atoms with Crippen molar-refractivity contribution in [2.75, 3.05) is 45.9 Å². The predicted molar refractivity (Wildman–Crippen MR) is 142 cm³/mol. The summed E-state index contributed by atoms with van der Waals surface area (Å²) in [5.74, 6) is 0.792. The minimum atomic E-state index is -0.00699. The predicted octanol–water partition coefficient (Wildman–Crippen LogP) is 3.07. The molecule has 0 unspecified atom stereocenters. The van der Waals surface area contributed by atoms with Gasteiger partial charge in [0.25, 0.3) is 5.91 Å². The van der Waals surface area contributed by atoms with E-state index >= 15 is 0 Å². The lowest BCUT2D eigenvalue weighted by Crippen LogP contribution is -2.38. The summed E-state index contributed by atoms with van der Waals surface area (Å²) in [6.45, 7) is 9.37. The van der Waals surface area contributed by atoms with Gasteiger partial charge in [0.2, 0.25) is 0 Å². The lowest BCUT2D eigenvalue weighted by atomic mass is 10.1. The highest BCUT2D eigenvalue weighted by atomic mass is 127. The van der Waals surface area contributed by atoms with Gasteiger partial charge in [0.1, 0.15) is 0 Å². The lowest BCUT2D eigenvalue weighted by Gasteiger charge is -2.27. The van der Waals surface area contributed by atoms with Crippen molar-refractivity contribution in [2.45, 2.75) is 26.4 Å². The number of halogens is 1. The summed E-state index contributed by atoms with van der Waals surface area (Å²) in [6.07, 6.45) is 0.829. The Hall–Kier alpha value is -1.69. The normalized spacial score (nSPS) is 14.5. The quantitative estimate of drug-likeness (QED) is 0.177. The van der Waals surface area contributed by atoms with Gasteiger partial charge in [-0.25, -0.2) is 4.99 Å². The second kappa shape index (κ2) is 15.2. The highest BCUT2D eigenvalue weighted by molar-refractivity contribution is 14.0. The maximum absolute atomic E-state index is 12.0. The first-order valence-electron chi connectivity index (χ1n) is 11.0. The highest BCUT2D eigenvalue weighted by Crippen LogP contribution is 2.14. The molecule has 2 aromatic rings. The Kier molecular flexibility index (Phi) is 12.6. The molecule has 9 heteroatoms. The smallest absolute Gasteiger partial charge is 0.261 e. The topological polar surface area (TPSA) is 78.0 Å². The summed E-state index contributed by atoms with van der Waals surface area (Å²) in [7, 11) is 0. The number of nitrogens with one attached hydrogen (secondary N) is 3. The summed E-state index contributed by atoms with van der Waals surface area (Å²) >= 11 is 1.46. The van der Waals surface area contributed by atoms with E-state index in [-0.39, 0.29) is 29.9 Å². The van der Waals surface area contributed by atoms with Crippen LogP contribution >= 0.6 is 35.3 Å². The molecule has 32 heavy (non-hydrogen) atoms. The second-order valence-corrected chi connectivity index (χ2v) is 8.31. The van der Waals surface area contributed by atoms with Gasteiger partial charge >= 0.3 is 0 Å². The number of morpholine rings is 1.